The van der Waals surface area contributed by atoms with Crippen molar-refractivity contribution in [2.24, 2.45) is 0 Å². The minimum atomic E-state index is -4.06. The van der Waals surface area contributed by atoms with E-state index in [1.54, 1.807) is 0 Å². The molecule has 1 amide bonds. The lowest BCUT2D eigenvalue weighted by atomic mass is 10.1. The van der Waals surface area contributed by atoms with Gasteiger partial charge < -0.3 is 5.32 Å². The Labute approximate surface area is 157 Å². The van der Waals surface area contributed by atoms with Gasteiger partial charge in [0.1, 0.15) is 11.4 Å². The second-order valence-corrected chi connectivity index (χ2v) is 7.58. The Balaban J connectivity index is 1.87. The fourth-order valence-corrected chi connectivity index (χ4v) is 3.49. The molecule has 0 aliphatic carbocycles. The SMILES string of the molecule is O=C(Nc1cnc2[nH]ncc2c1)c1c(F)ccc(NS(=O)(=O)CCCF)c1F. The van der Waals surface area contributed by atoms with E-state index in [1.807, 2.05) is 4.72 Å². The van der Waals surface area contributed by atoms with Crippen LogP contribution in [0, 0.1) is 11.6 Å². The van der Waals surface area contributed by atoms with E-state index < -0.39 is 51.2 Å². The van der Waals surface area contributed by atoms with Crippen LogP contribution in [0.5, 0.6) is 0 Å². The molecule has 0 saturated carbocycles. The highest BCUT2D eigenvalue weighted by Gasteiger charge is 2.23. The van der Waals surface area contributed by atoms with Gasteiger partial charge in [0.2, 0.25) is 10.0 Å². The number of nitrogens with zero attached hydrogens (tertiary/aromatic N) is 2. The van der Waals surface area contributed by atoms with Crippen LogP contribution in [0.4, 0.5) is 24.5 Å². The number of amides is 1. The van der Waals surface area contributed by atoms with E-state index in [1.165, 1.54) is 18.5 Å². The maximum atomic E-state index is 14.6. The summed E-state index contributed by atoms with van der Waals surface area (Å²) in [4.78, 5) is 16.3. The normalized spacial score (nSPS) is 11.5. The van der Waals surface area contributed by atoms with E-state index in [0.717, 1.165) is 12.1 Å². The van der Waals surface area contributed by atoms with Crippen molar-refractivity contribution >= 4 is 38.3 Å². The summed E-state index contributed by atoms with van der Waals surface area (Å²) in [7, 11) is -4.06. The number of aromatic nitrogens is 3. The number of hydrogen-bond acceptors (Lipinski definition) is 5. The van der Waals surface area contributed by atoms with Crippen LogP contribution in [-0.2, 0) is 10.0 Å². The molecule has 3 N–H and O–H groups in total. The number of carbonyl (C=O) groups is 1. The zero-order valence-electron chi connectivity index (χ0n) is 14.2. The van der Waals surface area contributed by atoms with Crippen molar-refractivity contribution < 1.29 is 26.4 Å². The number of rotatable bonds is 7. The van der Waals surface area contributed by atoms with E-state index in [-0.39, 0.29) is 12.1 Å². The second-order valence-electron chi connectivity index (χ2n) is 5.73. The zero-order chi connectivity index (χ0) is 20.3. The molecule has 0 bridgehead atoms. The summed E-state index contributed by atoms with van der Waals surface area (Å²) in [6.07, 6.45) is 2.43. The average Bonchev–Trinajstić information content (AvgIpc) is 3.10. The predicted molar refractivity (Wildman–Crippen MR) is 96.2 cm³/mol. The highest BCUT2D eigenvalue weighted by molar-refractivity contribution is 7.92. The molecule has 0 unspecified atom stereocenters. The molecule has 0 atom stereocenters. The summed E-state index contributed by atoms with van der Waals surface area (Å²) >= 11 is 0. The van der Waals surface area contributed by atoms with Crippen LogP contribution in [-0.4, -0.2) is 41.9 Å². The molecule has 1 aromatic carbocycles. The Morgan fingerprint density at radius 3 is 2.75 bits per heavy atom. The lowest BCUT2D eigenvalue weighted by Crippen LogP contribution is -2.21. The third-order valence-electron chi connectivity index (χ3n) is 3.68. The summed E-state index contributed by atoms with van der Waals surface area (Å²) in [6.45, 7) is -0.866. The smallest absolute Gasteiger partial charge is 0.261 e. The third kappa shape index (κ3) is 4.22. The first kappa shape index (κ1) is 19.6. The Morgan fingerprint density at radius 2 is 2.00 bits per heavy atom. The summed E-state index contributed by atoms with van der Waals surface area (Å²) in [6, 6.07) is 3.08. The van der Waals surface area contributed by atoms with Gasteiger partial charge in [-0.2, -0.15) is 5.10 Å². The summed E-state index contributed by atoms with van der Waals surface area (Å²) < 4.78 is 66.4. The van der Waals surface area contributed by atoms with Crippen molar-refractivity contribution in [3.8, 4) is 0 Å². The van der Waals surface area contributed by atoms with Crippen molar-refractivity contribution in [3.05, 3.63) is 47.8 Å². The molecule has 0 aliphatic rings. The number of alkyl halides is 1. The molecule has 12 heteroatoms. The molecule has 0 saturated heterocycles. The monoisotopic (exact) mass is 413 g/mol. The minimum Gasteiger partial charge on any atom is -0.320 e. The zero-order valence-corrected chi connectivity index (χ0v) is 15.0. The van der Waals surface area contributed by atoms with Crippen LogP contribution in [0.2, 0.25) is 0 Å². The maximum absolute atomic E-state index is 14.6. The molecule has 8 nitrogen and oxygen atoms in total. The highest BCUT2D eigenvalue weighted by atomic mass is 32.2. The molecule has 0 radical (unpaired) electrons. The topological polar surface area (TPSA) is 117 Å². The van der Waals surface area contributed by atoms with Crippen molar-refractivity contribution in [1.82, 2.24) is 15.2 Å². The van der Waals surface area contributed by atoms with Gasteiger partial charge in [-0.15, -0.1) is 0 Å². The first-order valence-corrected chi connectivity index (χ1v) is 9.61. The van der Waals surface area contributed by atoms with Gasteiger partial charge in [0.25, 0.3) is 5.91 Å². The van der Waals surface area contributed by atoms with Crippen LogP contribution in [0.25, 0.3) is 11.0 Å². The van der Waals surface area contributed by atoms with E-state index in [4.69, 9.17) is 0 Å². The van der Waals surface area contributed by atoms with Crippen LogP contribution < -0.4 is 10.0 Å². The molecule has 0 spiro atoms. The number of anilines is 2. The van der Waals surface area contributed by atoms with Gasteiger partial charge in [-0.25, -0.2) is 22.2 Å². The van der Waals surface area contributed by atoms with E-state index >= 15 is 0 Å². The molecule has 3 rings (SSSR count). The number of aromatic amines is 1. The quantitative estimate of drug-likeness (QED) is 0.551. The van der Waals surface area contributed by atoms with Gasteiger partial charge in [-0.05, 0) is 24.6 Å². The number of hydrogen-bond donors (Lipinski definition) is 3. The van der Waals surface area contributed by atoms with Gasteiger partial charge in [-0.1, -0.05) is 0 Å². The highest BCUT2D eigenvalue weighted by Crippen LogP contribution is 2.24. The van der Waals surface area contributed by atoms with E-state index in [0.29, 0.717) is 11.0 Å². The fraction of sp³-hybridized carbons (Fsp3) is 0.188. The third-order valence-corrected chi connectivity index (χ3v) is 5.04. The number of fused-ring (bicyclic) bond motifs is 1. The number of carbonyl (C=O) groups excluding carboxylic acids is 1. The van der Waals surface area contributed by atoms with Crippen LogP contribution in [0.3, 0.4) is 0 Å². The number of benzene rings is 1. The average molecular weight is 413 g/mol. The van der Waals surface area contributed by atoms with E-state index in [2.05, 4.69) is 20.5 Å². The molecule has 2 aromatic heterocycles. The van der Waals surface area contributed by atoms with Gasteiger partial charge in [-0.3, -0.25) is 19.0 Å². The first-order chi connectivity index (χ1) is 13.3. The molecule has 3 aromatic rings. The Kier molecular flexibility index (Phi) is 5.49. The number of pyridine rings is 1. The lowest BCUT2D eigenvalue weighted by Gasteiger charge is -2.12. The second kappa shape index (κ2) is 7.84. The Morgan fingerprint density at radius 1 is 1.21 bits per heavy atom. The van der Waals surface area contributed by atoms with Gasteiger partial charge in [0.05, 0.1) is 36.2 Å². The molecular weight excluding hydrogens is 399 g/mol. The fourth-order valence-electron chi connectivity index (χ4n) is 2.40. The molecule has 0 fully saturated rings. The predicted octanol–water partition coefficient (Wildman–Crippen LogP) is 2.59. The van der Waals surface area contributed by atoms with Gasteiger partial charge in [0, 0.05) is 5.39 Å². The van der Waals surface area contributed by atoms with Crippen LogP contribution in [0.1, 0.15) is 16.8 Å². The van der Waals surface area contributed by atoms with Crippen molar-refractivity contribution in [2.45, 2.75) is 6.42 Å². The molecule has 148 valence electrons. The Hall–Kier alpha value is -3.15. The lowest BCUT2D eigenvalue weighted by molar-refractivity contribution is 0.101. The standard InChI is InChI=1S/C16H14F3N5O3S/c17-4-1-5-28(26,27)24-12-3-2-11(18)13(14(12)19)16(25)22-10-6-9-7-21-23-15(9)20-8-10/h2-3,6-8,24H,1,4-5H2,(H,22,25)(H,20,21,23). The van der Waals surface area contributed by atoms with Crippen molar-refractivity contribution in [3.63, 3.8) is 0 Å². The number of halogens is 3. The number of H-pyrrole nitrogens is 1. The molecule has 0 aliphatic heterocycles. The van der Waals surface area contributed by atoms with Gasteiger partial charge in [0.15, 0.2) is 11.5 Å². The van der Waals surface area contributed by atoms with E-state index in [9.17, 15) is 26.4 Å². The number of sulfonamides is 1. The maximum Gasteiger partial charge on any atom is 0.261 e. The van der Waals surface area contributed by atoms with Gasteiger partial charge >= 0.3 is 0 Å². The molecule has 28 heavy (non-hydrogen) atoms. The van der Waals surface area contributed by atoms with Crippen molar-refractivity contribution in [2.75, 3.05) is 22.5 Å². The summed E-state index contributed by atoms with van der Waals surface area (Å²) in [5.74, 6) is -4.29. The summed E-state index contributed by atoms with van der Waals surface area (Å²) in [5.41, 5.74) is -0.974. The first-order valence-electron chi connectivity index (χ1n) is 7.95. The molecule has 2 heterocycles. The number of nitrogens with one attached hydrogen (secondary N) is 3. The van der Waals surface area contributed by atoms with Crippen LogP contribution >= 0.6 is 0 Å². The van der Waals surface area contributed by atoms with Crippen LogP contribution in [0.15, 0.2) is 30.6 Å². The minimum absolute atomic E-state index is 0.159. The Bertz CT molecular complexity index is 1130. The largest absolute Gasteiger partial charge is 0.320 e. The van der Waals surface area contributed by atoms with Crippen molar-refractivity contribution in [1.29, 1.82) is 0 Å². The summed E-state index contributed by atoms with van der Waals surface area (Å²) in [5, 5.41) is 9.24. The molecular formula is C16H14F3N5O3S.